The minimum Gasteiger partial charge on any atom is -0.468 e. The van der Waals surface area contributed by atoms with Gasteiger partial charge >= 0.3 is 6.03 Å². The van der Waals surface area contributed by atoms with Crippen LogP contribution in [0.3, 0.4) is 0 Å². The number of piperazine rings is 2. The van der Waals surface area contributed by atoms with Crippen molar-refractivity contribution in [3.63, 3.8) is 0 Å². The van der Waals surface area contributed by atoms with Crippen LogP contribution in [0.25, 0.3) is 0 Å². The number of carbonyl (C=O) groups excluding carboxylic acids is 3. The highest BCUT2D eigenvalue weighted by Crippen LogP contribution is 2.35. The molecule has 0 bridgehead atoms. The van der Waals surface area contributed by atoms with Crippen molar-refractivity contribution in [1.82, 2.24) is 20.0 Å². The van der Waals surface area contributed by atoms with Gasteiger partial charge in [0.15, 0.2) is 0 Å². The standard InChI is InChI=1S/C22H30N4O4S/c27-20-18-11-17(31-14-16-7-4-10-30-16)12-26(18)21(28)19-13-24(8-9-25(19)20)22(29)23-15-5-2-1-3-6-15/h4,7,10,15,17-19H,1-3,5-6,8-9,11-14H2,(H,23,29)/t17-,18-,19+/m1/s1. The van der Waals surface area contributed by atoms with E-state index < -0.39 is 6.04 Å². The van der Waals surface area contributed by atoms with Crippen LogP contribution in [-0.2, 0) is 15.3 Å². The van der Waals surface area contributed by atoms with Gasteiger partial charge in [-0.1, -0.05) is 19.3 Å². The first-order valence-electron chi connectivity index (χ1n) is 11.4. The number of nitrogens with one attached hydrogen (secondary N) is 1. The molecule has 0 spiro atoms. The first kappa shape index (κ1) is 20.7. The van der Waals surface area contributed by atoms with Gasteiger partial charge in [-0.3, -0.25) is 9.59 Å². The first-order chi connectivity index (χ1) is 15.1. The molecule has 3 saturated heterocycles. The van der Waals surface area contributed by atoms with E-state index >= 15 is 0 Å². The molecule has 31 heavy (non-hydrogen) atoms. The van der Waals surface area contributed by atoms with E-state index in [1.807, 2.05) is 12.1 Å². The molecule has 8 nitrogen and oxygen atoms in total. The summed E-state index contributed by atoms with van der Waals surface area (Å²) in [5.41, 5.74) is 0. The van der Waals surface area contributed by atoms with Gasteiger partial charge in [0.2, 0.25) is 11.8 Å². The molecular formula is C22H30N4O4S. The predicted octanol–water partition coefficient (Wildman–Crippen LogP) is 2.05. The van der Waals surface area contributed by atoms with Gasteiger partial charge in [-0.15, -0.1) is 11.8 Å². The van der Waals surface area contributed by atoms with Crippen LogP contribution in [0.2, 0.25) is 0 Å². The van der Waals surface area contributed by atoms with Crippen molar-refractivity contribution in [3.8, 4) is 0 Å². The van der Waals surface area contributed by atoms with Gasteiger partial charge in [0, 0.05) is 30.9 Å². The maximum Gasteiger partial charge on any atom is 0.317 e. The molecule has 4 aliphatic rings. The van der Waals surface area contributed by atoms with E-state index in [-0.39, 0.29) is 41.7 Å². The van der Waals surface area contributed by atoms with Crippen LogP contribution in [0.4, 0.5) is 4.79 Å². The Morgan fingerprint density at radius 3 is 2.65 bits per heavy atom. The van der Waals surface area contributed by atoms with Gasteiger partial charge in [0.25, 0.3) is 0 Å². The molecule has 3 aliphatic heterocycles. The number of thioether (sulfide) groups is 1. The molecule has 1 aromatic heterocycles. The molecule has 1 N–H and O–H groups in total. The Bertz CT molecular complexity index is 825. The van der Waals surface area contributed by atoms with Crippen LogP contribution < -0.4 is 5.32 Å². The summed E-state index contributed by atoms with van der Waals surface area (Å²) < 4.78 is 5.40. The summed E-state index contributed by atoms with van der Waals surface area (Å²) in [6.45, 7) is 1.79. The highest BCUT2D eigenvalue weighted by Gasteiger charge is 2.52. The van der Waals surface area contributed by atoms with Gasteiger partial charge in [-0.2, -0.15) is 0 Å². The Hall–Kier alpha value is -2.16. The van der Waals surface area contributed by atoms with Crippen molar-refractivity contribution >= 4 is 29.6 Å². The van der Waals surface area contributed by atoms with Gasteiger partial charge in [-0.05, 0) is 31.4 Å². The number of nitrogens with zero attached hydrogens (tertiary/aromatic N) is 3. The van der Waals surface area contributed by atoms with Crippen molar-refractivity contribution in [2.45, 2.75) is 67.7 Å². The maximum absolute atomic E-state index is 13.3. The molecule has 5 rings (SSSR count). The third-order valence-electron chi connectivity index (χ3n) is 7.04. The van der Waals surface area contributed by atoms with Crippen molar-refractivity contribution < 1.29 is 18.8 Å². The average Bonchev–Trinajstić information content (AvgIpc) is 3.46. The molecular weight excluding hydrogens is 416 g/mol. The zero-order valence-corrected chi connectivity index (χ0v) is 18.5. The van der Waals surface area contributed by atoms with Crippen LogP contribution in [0.5, 0.6) is 0 Å². The fourth-order valence-corrected chi connectivity index (χ4v) is 6.48. The molecule has 0 radical (unpaired) electrons. The van der Waals surface area contributed by atoms with Crippen molar-refractivity contribution in [2.24, 2.45) is 0 Å². The van der Waals surface area contributed by atoms with Gasteiger partial charge < -0.3 is 24.4 Å². The van der Waals surface area contributed by atoms with Crippen LogP contribution >= 0.6 is 11.8 Å². The smallest absolute Gasteiger partial charge is 0.317 e. The van der Waals surface area contributed by atoms with E-state index in [9.17, 15) is 14.4 Å². The summed E-state index contributed by atoms with van der Waals surface area (Å²) in [5.74, 6) is 1.67. The number of hydrogen-bond donors (Lipinski definition) is 1. The largest absolute Gasteiger partial charge is 0.468 e. The highest BCUT2D eigenvalue weighted by atomic mass is 32.2. The molecule has 1 saturated carbocycles. The second kappa shape index (κ2) is 8.76. The first-order valence-corrected chi connectivity index (χ1v) is 12.5. The number of amides is 4. The molecule has 0 unspecified atom stereocenters. The third-order valence-corrected chi connectivity index (χ3v) is 8.30. The number of carbonyl (C=O) groups is 3. The number of furan rings is 1. The van der Waals surface area contributed by atoms with E-state index in [0.29, 0.717) is 26.1 Å². The highest BCUT2D eigenvalue weighted by molar-refractivity contribution is 7.99. The normalized spacial score (nSPS) is 29.2. The summed E-state index contributed by atoms with van der Waals surface area (Å²) in [5, 5.41) is 3.36. The zero-order chi connectivity index (χ0) is 21.4. The topological polar surface area (TPSA) is 86.1 Å². The fraction of sp³-hybridized carbons (Fsp3) is 0.682. The molecule has 0 aromatic carbocycles. The lowest BCUT2D eigenvalue weighted by Crippen LogP contribution is -2.69. The fourth-order valence-electron chi connectivity index (χ4n) is 5.33. The van der Waals surface area contributed by atoms with Crippen molar-refractivity contribution in [2.75, 3.05) is 26.2 Å². The lowest BCUT2D eigenvalue weighted by molar-refractivity contribution is -0.162. The Balaban J connectivity index is 1.20. The second-order valence-electron chi connectivity index (χ2n) is 9.03. The molecule has 4 fully saturated rings. The molecule has 4 heterocycles. The average molecular weight is 447 g/mol. The van der Waals surface area contributed by atoms with Gasteiger partial charge in [-0.25, -0.2) is 4.79 Å². The van der Waals surface area contributed by atoms with E-state index in [1.165, 1.54) is 6.42 Å². The molecule has 1 aliphatic carbocycles. The lowest BCUT2D eigenvalue weighted by Gasteiger charge is -2.47. The Kier molecular flexibility index (Phi) is 5.86. The monoisotopic (exact) mass is 446 g/mol. The number of urea groups is 1. The summed E-state index contributed by atoms with van der Waals surface area (Å²) in [7, 11) is 0. The van der Waals surface area contributed by atoms with Crippen LogP contribution in [0, 0.1) is 0 Å². The number of rotatable bonds is 4. The van der Waals surface area contributed by atoms with Gasteiger partial charge in [0.05, 0.1) is 18.6 Å². The second-order valence-corrected chi connectivity index (χ2v) is 10.3. The molecule has 9 heteroatoms. The van der Waals surface area contributed by atoms with E-state index in [2.05, 4.69) is 5.32 Å². The van der Waals surface area contributed by atoms with E-state index in [4.69, 9.17) is 4.42 Å². The summed E-state index contributed by atoms with van der Waals surface area (Å²) in [6, 6.07) is 3.04. The van der Waals surface area contributed by atoms with Crippen LogP contribution in [0.15, 0.2) is 22.8 Å². The molecule has 1 aromatic rings. The number of fused-ring (bicyclic) bond motifs is 2. The van der Waals surface area contributed by atoms with Crippen molar-refractivity contribution in [3.05, 3.63) is 24.2 Å². The zero-order valence-electron chi connectivity index (χ0n) is 17.7. The van der Waals surface area contributed by atoms with Gasteiger partial charge in [0.1, 0.15) is 17.8 Å². The molecule has 3 atom stereocenters. The number of hydrogen-bond acceptors (Lipinski definition) is 5. The van der Waals surface area contributed by atoms with Crippen LogP contribution in [0.1, 0.15) is 44.3 Å². The summed E-state index contributed by atoms with van der Waals surface area (Å²) in [4.78, 5) is 44.4. The Labute approximate surface area is 186 Å². The van der Waals surface area contributed by atoms with Crippen molar-refractivity contribution in [1.29, 1.82) is 0 Å². The molecule has 168 valence electrons. The van der Waals surface area contributed by atoms with Crippen LogP contribution in [-0.4, -0.2) is 82.1 Å². The lowest BCUT2D eigenvalue weighted by atomic mass is 9.95. The summed E-state index contributed by atoms with van der Waals surface area (Å²) in [6.07, 6.45) is 7.95. The Morgan fingerprint density at radius 1 is 1.06 bits per heavy atom. The molecule has 4 amide bonds. The third kappa shape index (κ3) is 4.16. The Morgan fingerprint density at radius 2 is 1.87 bits per heavy atom. The van der Waals surface area contributed by atoms with E-state index in [1.54, 1.807) is 32.7 Å². The minimum absolute atomic E-state index is 0.0131. The minimum atomic E-state index is -0.552. The summed E-state index contributed by atoms with van der Waals surface area (Å²) >= 11 is 1.74. The van der Waals surface area contributed by atoms with E-state index in [0.717, 1.165) is 37.2 Å². The maximum atomic E-state index is 13.3. The predicted molar refractivity (Wildman–Crippen MR) is 116 cm³/mol. The quantitative estimate of drug-likeness (QED) is 0.765. The SMILES string of the molecule is O=C(NC1CCCCC1)N1CCN2C(=O)[C@H]3C[C@@H](SCc4ccco4)CN3C(=O)[C@@H]2C1.